The standard InChI is InChI=1S/C14H17NO6/c1-13(2,3)20-11(17)15-7-6-14(5-4-8-16)9-10(15)19-12(18)21-14/h8,10H,6-7,9H2,1-3H3. The minimum Gasteiger partial charge on any atom is -0.444 e. The first-order chi connectivity index (χ1) is 9.75. The molecular weight excluding hydrogens is 278 g/mol. The van der Waals surface area contributed by atoms with Crippen molar-refractivity contribution in [2.45, 2.75) is 51.0 Å². The maximum absolute atomic E-state index is 12.1. The van der Waals surface area contributed by atoms with E-state index in [2.05, 4.69) is 11.8 Å². The maximum atomic E-state index is 12.1. The second-order valence-corrected chi connectivity index (χ2v) is 5.93. The summed E-state index contributed by atoms with van der Waals surface area (Å²) in [4.78, 5) is 35.4. The van der Waals surface area contributed by atoms with Crippen molar-refractivity contribution < 1.29 is 28.6 Å². The Bertz CT molecular complexity index is 526. The van der Waals surface area contributed by atoms with Crippen molar-refractivity contribution in [2.75, 3.05) is 6.54 Å². The molecule has 2 heterocycles. The van der Waals surface area contributed by atoms with Gasteiger partial charge in [0.1, 0.15) is 5.60 Å². The number of ether oxygens (including phenoxy) is 3. The second kappa shape index (κ2) is 5.28. The van der Waals surface area contributed by atoms with Crippen molar-refractivity contribution in [3.8, 4) is 11.8 Å². The van der Waals surface area contributed by atoms with Crippen LogP contribution in [0.1, 0.15) is 33.6 Å². The van der Waals surface area contributed by atoms with Gasteiger partial charge in [0.15, 0.2) is 18.1 Å². The van der Waals surface area contributed by atoms with Crippen molar-refractivity contribution >= 4 is 18.5 Å². The molecule has 0 spiro atoms. The average Bonchev–Trinajstić information content (AvgIpc) is 2.33. The van der Waals surface area contributed by atoms with Crippen LogP contribution in [0.3, 0.4) is 0 Å². The van der Waals surface area contributed by atoms with E-state index in [0.29, 0.717) is 12.7 Å². The summed E-state index contributed by atoms with van der Waals surface area (Å²) >= 11 is 0. The molecule has 2 aliphatic heterocycles. The molecule has 0 N–H and O–H groups in total. The van der Waals surface area contributed by atoms with E-state index in [0.717, 1.165) is 0 Å². The molecule has 0 aromatic rings. The van der Waals surface area contributed by atoms with Crippen molar-refractivity contribution in [3.63, 3.8) is 0 Å². The molecule has 7 heteroatoms. The highest BCUT2D eigenvalue weighted by Gasteiger charge is 2.50. The lowest BCUT2D eigenvalue weighted by Gasteiger charge is -2.45. The van der Waals surface area contributed by atoms with Crippen molar-refractivity contribution in [1.29, 1.82) is 0 Å². The van der Waals surface area contributed by atoms with Gasteiger partial charge in [-0.15, -0.1) is 0 Å². The van der Waals surface area contributed by atoms with Crippen LogP contribution in [0.25, 0.3) is 0 Å². The smallest absolute Gasteiger partial charge is 0.444 e. The number of hydrogen-bond donors (Lipinski definition) is 0. The molecule has 2 bridgehead atoms. The number of likely N-dealkylation sites (tertiary alicyclic amines) is 1. The first-order valence-corrected chi connectivity index (χ1v) is 6.60. The summed E-state index contributed by atoms with van der Waals surface area (Å²) in [5, 5.41) is 0. The Labute approximate surface area is 122 Å². The third kappa shape index (κ3) is 3.45. The number of carbonyl (C=O) groups is 3. The van der Waals surface area contributed by atoms with Crippen LogP contribution in [0.15, 0.2) is 0 Å². The zero-order chi connectivity index (χ0) is 15.7. The zero-order valence-corrected chi connectivity index (χ0v) is 12.2. The molecule has 0 radical (unpaired) electrons. The molecule has 2 saturated heterocycles. The Morgan fingerprint density at radius 2 is 2.24 bits per heavy atom. The van der Waals surface area contributed by atoms with Gasteiger partial charge in [-0.05, 0) is 32.6 Å². The van der Waals surface area contributed by atoms with E-state index in [1.807, 2.05) is 0 Å². The number of carbonyl (C=O) groups excluding carboxylic acids is 3. The Morgan fingerprint density at radius 3 is 2.86 bits per heavy atom. The highest BCUT2D eigenvalue weighted by molar-refractivity contribution is 5.74. The van der Waals surface area contributed by atoms with Crippen LogP contribution in [0.5, 0.6) is 0 Å². The lowest BCUT2D eigenvalue weighted by Crippen LogP contribution is -2.59. The fourth-order valence-corrected chi connectivity index (χ4v) is 2.26. The minimum atomic E-state index is -1.07. The van der Waals surface area contributed by atoms with E-state index in [-0.39, 0.29) is 13.0 Å². The fourth-order valence-electron chi connectivity index (χ4n) is 2.26. The molecule has 21 heavy (non-hydrogen) atoms. The van der Waals surface area contributed by atoms with Crippen LogP contribution in [0.2, 0.25) is 0 Å². The topological polar surface area (TPSA) is 82.1 Å². The number of rotatable bonds is 0. The normalized spacial score (nSPS) is 27.7. The van der Waals surface area contributed by atoms with Gasteiger partial charge in [0, 0.05) is 13.0 Å². The quantitative estimate of drug-likeness (QED) is 0.382. The molecular formula is C14H17NO6. The molecule has 2 aliphatic rings. The van der Waals surface area contributed by atoms with Crippen molar-refractivity contribution in [3.05, 3.63) is 0 Å². The van der Waals surface area contributed by atoms with Gasteiger partial charge in [0.2, 0.25) is 0 Å². The van der Waals surface area contributed by atoms with Gasteiger partial charge in [-0.25, -0.2) is 9.59 Å². The average molecular weight is 295 g/mol. The molecule has 0 aromatic carbocycles. The summed E-state index contributed by atoms with van der Waals surface area (Å²) < 4.78 is 15.4. The summed E-state index contributed by atoms with van der Waals surface area (Å²) in [6.07, 6.45) is -1.32. The molecule has 0 aromatic heterocycles. The molecule has 1 amide bonds. The Hall–Kier alpha value is -2.23. The zero-order valence-electron chi connectivity index (χ0n) is 12.2. The molecule has 2 unspecified atom stereocenters. The van der Waals surface area contributed by atoms with Gasteiger partial charge in [0.05, 0.1) is 6.42 Å². The third-order valence-corrected chi connectivity index (χ3v) is 3.11. The first-order valence-electron chi connectivity index (χ1n) is 6.60. The minimum absolute atomic E-state index is 0.193. The number of hydrogen-bond acceptors (Lipinski definition) is 6. The summed E-state index contributed by atoms with van der Waals surface area (Å²) in [7, 11) is 0. The number of amides is 1. The van der Waals surface area contributed by atoms with Crippen molar-refractivity contribution in [1.82, 2.24) is 4.90 Å². The molecule has 0 aliphatic carbocycles. The van der Waals surface area contributed by atoms with Crippen LogP contribution in [-0.2, 0) is 19.0 Å². The summed E-state index contributed by atoms with van der Waals surface area (Å²) in [5.74, 6) is 4.90. The lowest BCUT2D eigenvalue weighted by atomic mass is 9.90. The third-order valence-electron chi connectivity index (χ3n) is 3.11. The molecule has 2 atom stereocenters. The van der Waals surface area contributed by atoms with Gasteiger partial charge < -0.3 is 14.2 Å². The SMILES string of the molecule is CC(C)(C)OC(=O)N1CCC2(C#CC=O)CC1OC(=O)O2. The highest BCUT2D eigenvalue weighted by Crippen LogP contribution is 2.35. The Balaban J connectivity index is 2.16. The van der Waals surface area contributed by atoms with E-state index in [4.69, 9.17) is 14.2 Å². The molecule has 114 valence electrons. The monoisotopic (exact) mass is 295 g/mol. The van der Waals surface area contributed by atoms with E-state index in [1.165, 1.54) is 4.90 Å². The van der Waals surface area contributed by atoms with Crippen LogP contribution in [0, 0.1) is 11.8 Å². The lowest BCUT2D eigenvalue weighted by molar-refractivity contribution is -0.163. The van der Waals surface area contributed by atoms with E-state index >= 15 is 0 Å². The Kier molecular flexibility index (Phi) is 3.81. The molecule has 7 nitrogen and oxygen atoms in total. The number of fused-ring (bicyclic) bond motifs is 2. The van der Waals surface area contributed by atoms with Crippen molar-refractivity contribution in [2.24, 2.45) is 0 Å². The van der Waals surface area contributed by atoms with Gasteiger partial charge >= 0.3 is 12.2 Å². The van der Waals surface area contributed by atoms with Crippen LogP contribution < -0.4 is 0 Å². The number of piperidine rings is 1. The van der Waals surface area contributed by atoms with Gasteiger partial charge in [-0.3, -0.25) is 9.69 Å². The first kappa shape index (κ1) is 15.2. The summed E-state index contributed by atoms with van der Waals surface area (Å²) in [6, 6.07) is 0. The molecule has 0 saturated carbocycles. The number of aldehydes is 1. The predicted molar refractivity (Wildman–Crippen MR) is 70.1 cm³/mol. The van der Waals surface area contributed by atoms with E-state index in [9.17, 15) is 14.4 Å². The van der Waals surface area contributed by atoms with Gasteiger partial charge in [0.25, 0.3) is 0 Å². The van der Waals surface area contributed by atoms with E-state index in [1.54, 1.807) is 20.8 Å². The van der Waals surface area contributed by atoms with Crippen LogP contribution in [0.4, 0.5) is 9.59 Å². The fraction of sp³-hybridized carbons (Fsp3) is 0.643. The molecule has 2 fully saturated rings. The van der Waals surface area contributed by atoms with Crippen LogP contribution >= 0.6 is 0 Å². The maximum Gasteiger partial charge on any atom is 0.511 e. The Morgan fingerprint density at radius 1 is 1.52 bits per heavy atom. The number of nitrogens with zero attached hydrogens (tertiary/aromatic N) is 1. The summed E-state index contributed by atoms with van der Waals surface area (Å²) in [5.41, 5.74) is -1.71. The van der Waals surface area contributed by atoms with Gasteiger partial charge in [-0.2, -0.15) is 0 Å². The van der Waals surface area contributed by atoms with E-state index < -0.39 is 29.7 Å². The molecule has 2 rings (SSSR count). The van der Waals surface area contributed by atoms with Crippen LogP contribution in [-0.4, -0.2) is 47.4 Å². The highest BCUT2D eigenvalue weighted by atomic mass is 16.8. The largest absolute Gasteiger partial charge is 0.511 e. The predicted octanol–water partition coefficient (Wildman–Crippen LogP) is 1.45. The summed E-state index contributed by atoms with van der Waals surface area (Å²) in [6.45, 7) is 5.53. The van der Waals surface area contributed by atoms with Gasteiger partial charge in [-0.1, -0.05) is 0 Å². The second-order valence-electron chi connectivity index (χ2n) is 5.93.